The monoisotopic (exact) mass is 416 g/mol. The summed E-state index contributed by atoms with van der Waals surface area (Å²) in [6.07, 6.45) is 0.208. The predicted molar refractivity (Wildman–Crippen MR) is 105 cm³/mol. The van der Waals surface area contributed by atoms with Gasteiger partial charge in [-0.1, -0.05) is 23.7 Å². The summed E-state index contributed by atoms with van der Waals surface area (Å²) in [6.45, 7) is -0.159. The minimum Gasteiger partial charge on any atom is -0.507 e. The number of halogens is 1. The summed E-state index contributed by atoms with van der Waals surface area (Å²) < 4.78 is 0. The molecule has 1 amide bonds. The summed E-state index contributed by atoms with van der Waals surface area (Å²) in [5.41, 5.74) is 0.217. The number of rotatable bonds is 6. The Balaban J connectivity index is 2.18. The molecule has 2 aromatic carbocycles. The number of carbonyl (C=O) groups excluding carboxylic acids is 2. The summed E-state index contributed by atoms with van der Waals surface area (Å²) in [4.78, 5) is 37.1. The Hall–Kier alpha value is -3.23. The van der Waals surface area contributed by atoms with Crippen molar-refractivity contribution in [2.24, 2.45) is 0 Å². The van der Waals surface area contributed by atoms with E-state index in [1.807, 2.05) is 0 Å². The minimum atomic E-state index is -1.02. The van der Waals surface area contributed by atoms with Crippen molar-refractivity contribution in [2.45, 2.75) is 12.5 Å². The van der Waals surface area contributed by atoms with Crippen molar-refractivity contribution in [1.82, 2.24) is 4.90 Å². The van der Waals surface area contributed by atoms with Crippen LogP contribution in [0.5, 0.6) is 0 Å². The van der Waals surface area contributed by atoms with Gasteiger partial charge in [0.15, 0.2) is 0 Å². The van der Waals surface area contributed by atoms with E-state index in [9.17, 15) is 24.8 Å². The van der Waals surface area contributed by atoms with E-state index in [2.05, 4.69) is 0 Å². The topological polar surface area (TPSA) is 121 Å². The highest BCUT2D eigenvalue weighted by Gasteiger charge is 2.46. The lowest BCUT2D eigenvalue weighted by Crippen LogP contribution is -2.31. The van der Waals surface area contributed by atoms with Gasteiger partial charge in [-0.15, -0.1) is 0 Å². The first kappa shape index (κ1) is 20.5. The Labute approximate surface area is 170 Å². The van der Waals surface area contributed by atoms with Gasteiger partial charge in [0.1, 0.15) is 5.76 Å². The van der Waals surface area contributed by atoms with Crippen molar-refractivity contribution in [3.63, 3.8) is 0 Å². The number of nitro groups is 1. The van der Waals surface area contributed by atoms with E-state index in [1.54, 1.807) is 6.07 Å². The molecule has 0 bridgehead atoms. The zero-order valence-electron chi connectivity index (χ0n) is 15.1. The molecular formula is C20H17ClN2O6. The van der Waals surface area contributed by atoms with Crippen molar-refractivity contribution in [1.29, 1.82) is 0 Å². The van der Waals surface area contributed by atoms with Crippen LogP contribution in [0, 0.1) is 10.1 Å². The lowest BCUT2D eigenvalue weighted by Gasteiger charge is -2.25. The molecule has 0 spiro atoms. The van der Waals surface area contributed by atoms with Gasteiger partial charge >= 0.3 is 0 Å². The Kier molecular flexibility index (Phi) is 5.95. The standard InChI is InChI=1S/C20H17ClN2O6/c21-14-7-5-12(6-8-14)18(25)16-17(13-3-1-4-15(11-13)23(28)29)22(9-2-10-24)20(27)19(16)26/h1,3-8,11,17,24-25H,2,9-10H2. The fraction of sp³-hybridized carbons (Fsp3) is 0.200. The van der Waals surface area contributed by atoms with Gasteiger partial charge in [-0.3, -0.25) is 19.7 Å². The number of non-ortho nitro benzene ring substituents is 1. The molecular weight excluding hydrogens is 400 g/mol. The molecule has 2 N–H and O–H groups in total. The van der Waals surface area contributed by atoms with Gasteiger partial charge in [-0.05, 0) is 36.2 Å². The molecule has 0 aliphatic carbocycles. The van der Waals surface area contributed by atoms with E-state index in [0.717, 1.165) is 0 Å². The number of benzene rings is 2. The molecule has 2 aromatic rings. The Morgan fingerprint density at radius 3 is 2.48 bits per heavy atom. The number of amides is 1. The number of nitrogens with zero attached hydrogens (tertiary/aromatic N) is 2. The molecule has 150 valence electrons. The fourth-order valence-electron chi connectivity index (χ4n) is 3.27. The summed E-state index contributed by atoms with van der Waals surface area (Å²) in [5.74, 6) is -2.14. The highest BCUT2D eigenvalue weighted by atomic mass is 35.5. The van der Waals surface area contributed by atoms with Crippen LogP contribution in [-0.2, 0) is 9.59 Å². The van der Waals surface area contributed by atoms with E-state index < -0.39 is 28.4 Å². The highest BCUT2D eigenvalue weighted by Crippen LogP contribution is 2.40. The zero-order valence-corrected chi connectivity index (χ0v) is 15.9. The van der Waals surface area contributed by atoms with Crippen LogP contribution < -0.4 is 0 Å². The van der Waals surface area contributed by atoms with Gasteiger partial charge in [-0.2, -0.15) is 0 Å². The predicted octanol–water partition coefficient (Wildman–Crippen LogP) is 3.05. The normalized spacial score (nSPS) is 18.3. The van der Waals surface area contributed by atoms with E-state index in [1.165, 1.54) is 47.4 Å². The third-order valence-electron chi connectivity index (χ3n) is 4.61. The maximum absolute atomic E-state index is 12.7. The number of carbonyl (C=O) groups is 2. The van der Waals surface area contributed by atoms with E-state index >= 15 is 0 Å². The number of hydrogen-bond donors (Lipinski definition) is 2. The Morgan fingerprint density at radius 2 is 1.86 bits per heavy atom. The van der Waals surface area contributed by atoms with Crippen LogP contribution in [-0.4, -0.2) is 44.9 Å². The van der Waals surface area contributed by atoms with Crippen LogP contribution in [0.25, 0.3) is 5.76 Å². The molecule has 1 heterocycles. The molecule has 1 atom stereocenters. The van der Waals surface area contributed by atoms with Crippen molar-refractivity contribution in [3.05, 3.63) is 80.4 Å². The van der Waals surface area contributed by atoms with Crippen molar-refractivity contribution >= 4 is 34.7 Å². The van der Waals surface area contributed by atoms with E-state index in [0.29, 0.717) is 10.6 Å². The largest absolute Gasteiger partial charge is 0.507 e. The van der Waals surface area contributed by atoms with Gasteiger partial charge in [0.2, 0.25) is 0 Å². The van der Waals surface area contributed by atoms with Crippen molar-refractivity contribution in [2.75, 3.05) is 13.2 Å². The zero-order chi connectivity index (χ0) is 21.1. The average molecular weight is 417 g/mol. The van der Waals surface area contributed by atoms with E-state index in [4.69, 9.17) is 16.7 Å². The Bertz CT molecular complexity index is 1000. The summed E-state index contributed by atoms with van der Waals surface area (Å²) >= 11 is 5.87. The number of hydrogen-bond acceptors (Lipinski definition) is 6. The lowest BCUT2D eigenvalue weighted by atomic mass is 9.95. The molecule has 1 aliphatic rings. The second-order valence-corrected chi connectivity index (χ2v) is 6.87. The van der Waals surface area contributed by atoms with Gasteiger partial charge in [0.25, 0.3) is 17.4 Å². The fourth-order valence-corrected chi connectivity index (χ4v) is 3.40. The molecule has 9 heteroatoms. The molecule has 0 radical (unpaired) electrons. The molecule has 1 unspecified atom stereocenters. The molecule has 8 nitrogen and oxygen atoms in total. The third kappa shape index (κ3) is 3.98. The highest BCUT2D eigenvalue weighted by molar-refractivity contribution is 6.46. The average Bonchev–Trinajstić information content (AvgIpc) is 2.97. The molecule has 0 aromatic heterocycles. The number of likely N-dealkylation sites (tertiary alicyclic amines) is 1. The smallest absolute Gasteiger partial charge is 0.295 e. The molecule has 1 saturated heterocycles. The number of aliphatic hydroxyl groups excluding tert-OH is 2. The van der Waals surface area contributed by atoms with Crippen LogP contribution in [0.15, 0.2) is 54.1 Å². The van der Waals surface area contributed by atoms with Gasteiger partial charge in [-0.25, -0.2) is 0 Å². The molecule has 0 saturated carbocycles. The second kappa shape index (κ2) is 8.42. The van der Waals surface area contributed by atoms with Crippen LogP contribution in [0.1, 0.15) is 23.6 Å². The summed E-state index contributed by atoms with van der Waals surface area (Å²) in [6, 6.07) is 10.6. The van der Waals surface area contributed by atoms with E-state index in [-0.39, 0.29) is 36.4 Å². The van der Waals surface area contributed by atoms with Crippen LogP contribution in [0.3, 0.4) is 0 Å². The maximum atomic E-state index is 12.7. The Morgan fingerprint density at radius 1 is 1.17 bits per heavy atom. The number of Topliss-reactive ketones (excluding diaryl/α,β-unsaturated/α-hetero) is 1. The summed E-state index contributed by atoms with van der Waals surface area (Å²) in [5, 5.41) is 31.6. The molecule has 1 fully saturated rings. The number of nitro benzene ring substituents is 1. The van der Waals surface area contributed by atoms with Crippen LogP contribution in [0.4, 0.5) is 5.69 Å². The van der Waals surface area contributed by atoms with Crippen molar-refractivity contribution in [3.8, 4) is 0 Å². The van der Waals surface area contributed by atoms with Gasteiger partial charge in [0, 0.05) is 35.9 Å². The van der Waals surface area contributed by atoms with Crippen molar-refractivity contribution < 1.29 is 24.7 Å². The minimum absolute atomic E-state index is 0.0475. The molecule has 3 rings (SSSR count). The molecule has 1 aliphatic heterocycles. The van der Waals surface area contributed by atoms with Crippen LogP contribution in [0.2, 0.25) is 5.02 Å². The second-order valence-electron chi connectivity index (χ2n) is 6.43. The first-order valence-electron chi connectivity index (χ1n) is 8.74. The number of ketones is 1. The quantitative estimate of drug-likeness (QED) is 0.245. The first-order chi connectivity index (χ1) is 13.8. The lowest BCUT2D eigenvalue weighted by molar-refractivity contribution is -0.384. The maximum Gasteiger partial charge on any atom is 0.295 e. The third-order valence-corrected chi connectivity index (χ3v) is 4.86. The summed E-state index contributed by atoms with van der Waals surface area (Å²) in [7, 11) is 0. The SMILES string of the molecule is O=C1C(=O)N(CCCO)C(c2cccc([N+](=O)[O-])c2)C1=C(O)c1ccc(Cl)cc1. The van der Waals surface area contributed by atoms with Gasteiger partial charge < -0.3 is 15.1 Å². The number of aliphatic hydroxyl groups is 2. The first-order valence-corrected chi connectivity index (χ1v) is 9.12. The molecule has 29 heavy (non-hydrogen) atoms. The van der Waals surface area contributed by atoms with Crippen LogP contribution >= 0.6 is 11.6 Å². The van der Waals surface area contributed by atoms with Gasteiger partial charge in [0.05, 0.1) is 16.5 Å².